The van der Waals surface area contributed by atoms with Crippen LogP contribution in [0, 0.1) is 26.7 Å². The summed E-state index contributed by atoms with van der Waals surface area (Å²) < 4.78 is 40.5. The molecule has 0 atom stereocenters. The Balaban J connectivity index is 2.02. The largest absolute Gasteiger partial charge is 0.496 e. The monoisotopic (exact) mass is 544 g/mol. The predicted molar refractivity (Wildman–Crippen MR) is 146 cm³/mol. The molecule has 10 heteroatoms. The van der Waals surface area contributed by atoms with E-state index in [1.54, 1.807) is 30.5 Å². The molecule has 37 heavy (non-hydrogen) atoms. The molecule has 0 aliphatic heterocycles. The molecule has 0 aliphatic carbocycles. The molecule has 0 aliphatic rings. The van der Waals surface area contributed by atoms with Gasteiger partial charge in [-0.05, 0) is 67.7 Å². The first-order valence-electron chi connectivity index (χ1n) is 11.7. The van der Waals surface area contributed by atoms with Gasteiger partial charge in [0.1, 0.15) is 18.1 Å². The van der Waals surface area contributed by atoms with E-state index in [1.807, 2.05) is 39.8 Å². The van der Waals surface area contributed by atoms with Crippen molar-refractivity contribution >= 4 is 39.1 Å². The van der Waals surface area contributed by atoms with E-state index >= 15 is 0 Å². The van der Waals surface area contributed by atoms with Gasteiger partial charge < -0.3 is 14.6 Å². The van der Waals surface area contributed by atoms with Crippen molar-refractivity contribution in [3.05, 3.63) is 69.7 Å². The van der Waals surface area contributed by atoms with Crippen molar-refractivity contribution in [2.75, 3.05) is 18.0 Å². The predicted octanol–water partition coefficient (Wildman–Crippen LogP) is 5.61. The van der Waals surface area contributed by atoms with Gasteiger partial charge in [0, 0.05) is 29.3 Å². The summed E-state index contributed by atoms with van der Waals surface area (Å²) in [6.07, 6.45) is 2.53. The number of rotatable bonds is 11. The van der Waals surface area contributed by atoms with E-state index in [2.05, 4.69) is 4.98 Å². The average Bonchev–Trinajstić information content (AvgIpc) is 3.29. The topological polar surface area (TPSA) is 106 Å². The molecular weight excluding hydrogens is 512 g/mol. The van der Waals surface area contributed by atoms with Crippen LogP contribution in [0.4, 0.5) is 5.69 Å². The Labute approximate surface area is 222 Å². The Bertz CT molecular complexity index is 1410. The maximum Gasteiger partial charge on any atom is 0.328 e. The van der Waals surface area contributed by atoms with Crippen LogP contribution in [0.5, 0.6) is 11.5 Å². The smallest absolute Gasteiger partial charge is 0.328 e. The van der Waals surface area contributed by atoms with E-state index in [1.165, 1.54) is 17.5 Å². The van der Waals surface area contributed by atoms with Gasteiger partial charge in [-0.15, -0.1) is 11.3 Å². The minimum atomic E-state index is -3.91. The van der Waals surface area contributed by atoms with Gasteiger partial charge in [-0.25, -0.2) is 9.78 Å². The fourth-order valence-corrected chi connectivity index (χ4v) is 6.36. The Morgan fingerprint density at radius 3 is 2.43 bits per heavy atom. The Hall–Kier alpha value is -3.37. The highest BCUT2D eigenvalue weighted by atomic mass is 32.2. The zero-order chi connectivity index (χ0) is 27.3. The number of hydrogen-bond donors (Lipinski definition) is 1. The minimum Gasteiger partial charge on any atom is -0.496 e. The third-order valence-electron chi connectivity index (χ3n) is 5.60. The molecule has 8 nitrogen and oxygen atoms in total. The summed E-state index contributed by atoms with van der Waals surface area (Å²) in [7, 11) is -2.39. The van der Waals surface area contributed by atoms with Gasteiger partial charge in [0.15, 0.2) is 0 Å². The van der Waals surface area contributed by atoms with Crippen LogP contribution in [-0.2, 0) is 21.4 Å². The molecule has 2 aromatic carbocycles. The SMILES string of the molecule is COc1cc(C=CC(=O)O)ccc1COc1cc(C)c(C)cc1N(CC(C)C)S(=O)(=O)c1nc(C)cs1. The summed E-state index contributed by atoms with van der Waals surface area (Å²) in [6, 6.07) is 8.96. The number of carboxylic acids is 1. The normalized spacial score (nSPS) is 11.8. The number of sulfonamides is 1. The van der Waals surface area contributed by atoms with Gasteiger partial charge in [-0.3, -0.25) is 4.31 Å². The van der Waals surface area contributed by atoms with E-state index in [0.717, 1.165) is 34.1 Å². The maximum absolute atomic E-state index is 13.7. The second-order valence-electron chi connectivity index (χ2n) is 9.12. The molecule has 0 saturated carbocycles. The summed E-state index contributed by atoms with van der Waals surface area (Å²) >= 11 is 1.10. The number of benzene rings is 2. The lowest BCUT2D eigenvalue weighted by atomic mass is 10.1. The van der Waals surface area contributed by atoms with Crippen LogP contribution in [0.2, 0.25) is 0 Å². The van der Waals surface area contributed by atoms with Crippen molar-refractivity contribution in [2.24, 2.45) is 5.92 Å². The van der Waals surface area contributed by atoms with E-state index in [9.17, 15) is 13.2 Å². The number of methoxy groups -OCH3 is 1. The van der Waals surface area contributed by atoms with Crippen LogP contribution >= 0.6 is 11.3 Å². The molecule has 1 N–H and O–H groups in total. The highest BCUT2D eigenvalue weighted by Crippen LogP contribution is 2.37. The lowest BCUT2D eigenvalue weighted by Crippen LogP contribution is -2.34. The molecule has 1 aromatic heterocycles. The highest BCUT2D eigenvalue weighted by molar-refractivity contribution is 7.94. The van der Waals surface area contributed by atoms with E-state index < -0.39 is 16.0 Å². The Kier molecular flexibility index (Phi) is 8.98. The third-order valence-corrected chi connectivity index (χ3v) is 8.73. The molecule has 0 unspecified atom stereocenters. The van der Waals surface area contributed by atoms with Crippen LogP contribution in [-0.4, -0.2) is 38.1 Å². The summed E-state index contributed by atoms with van der Waals surface area (Å²) in [5.74, 6) is -0.0282. The number of anilines is 1. The van der Waals surface area contributed by atoms with Gasteiger partial charge in [0.25, 0.3) is 10.0 Å². The van der Waals surface area contributed by atoms with Gasteiger partial charge >= 0.3 is 5.97 Å². The number of ether oxygens (including phenoxy) is 2. The summed E-state index contributed by atoms with van der Waals surface area (Å²) in [6.45, 7) is 9.94. The number of carbonyl (C=O) groups is 1. The van der Waals surface area contributed by atoms with Crippen molar-refractivity contribution < 1.29 is 27.8 Å². The summed E-state index contributed by atoms with van der Waals surface area (Å²) in [5, 5.41) is 10.6. The van der Waals surface area contributed by atoms with Crippen molar-refractivity contribution in [3.8, 4) is 11.5 Å². The standard InChI is InChI=1S/C27H32N2O6S2/c1-17(2)14-29(37(32,33)27-28-20(5)16-36-27)23-11-18(3)19(4)12-25(23)35-15-22-9-7-21(8-10-26(30)31)13-24(22)34-6/h7-13,16-17H,14-15H2,1-6H3,(H,30,31). The van der Waals surface area contributed by atoms with Gasteiger partial charge in [0.05, 0.1) is 12.8 Å². The van der Waals surface area contributed by atoms with Crippen molar-refractivity contribution in [1.29, 1.82) is 0 Å². The van der Waals surface area contributed by atoms with Gasteiger partial charge in [-0.2, -0.15) is 8.42 Å². The molecule has 0 bridgehead atoms. The lowest BCUT2D eigenvalue weighted by Gasteiger charge is -2.28. The number of thiazole rings is 1. The Morgan fingerprint density at radius 2 is 1.84 bits per heavy atom. The van der Waals surface area contributed by atoms with E-state index in [-0.39, 0.29) is 23.4 Å². The quantitative estimate of drug-likeness (QED) is 0.313. The average molecular weight is 545 g/mol. The molecule has 0 amide bonds. The number of aryl methyl sites for hydroxylation is 3. The zero-order valence-electron chi connectivity index (χ0n) is 21.8. The number of aliphatic carboxylic acids is 1. The molecular formula is C27H32N2O6S2. The van der Waals surface area contributed by atoms with E-state index in [4.69, 9.17) is 14.6 Å². The molecule has 0 fully saturated rings. The molecule has 0 spiro atoms. The molecule has 1 heterocycles. The molecule has 3 rings (SSSR count). The number of aromatic nitrogens is 1. The van der Waals surface area contributed by atoms with Gasteiger partial charge in [-0.1, -0.05) is 26.0 Å². The van der Waals surface area contributed by atoms with E-state index in [0.29, 0.717) is 28.4 Å². The van der Waals surface area contributed by atoms with Crippen LogP contribution in [0.25, 0.3) is 6.08 Å². The fourth-order valence-electron chi connectivity index (χ4n) is 3.59. The second kappa shape index (κ2) is 11.8. The molecule has 198 valence electrons. The minimum absolute atomic E-state index is 0.0431. The van der Waals surface area contributed by atoms with Gasteiger partial charge in [0.2, 0.25) is 4.34 Å². The fraction of sp³-hybridized carbons (Fsp3) is 0.333. The van der Waals surface area contributed by atoms with Crippen LogP contribution in [0.1, 0.15) is 41.8 Å². The van der Waals surface area contributed by atoms with Crippen molar-refractivity contribution in [1.82, 2.24) is 4.98 Å². The second-order valence-corrected chi connectivity index (χ2v) is 12.0. The first-order chi connectivity index (χ1) is 17.4. The zero-order valence-corrected chi connectivity index (χ0v) is 23.4. The lowest BCUT2D eigenvalue weighted by molar-refractivity contribution is -0.131. The molecule has 3 aromatic rings. The molecule has 0 saturated heterocycles. The highest BCUT2D eigenvalue weighted by Gasteiger charge is 2.31. The van der Waals surface area contributed by atoms with Crippen molar-refractivity contribution in [3.63, 3.8) is 0 Å². The molecule has 0 radical (unpaired) electrons. The maximum atomic E-state index is 13.7. The Morgan fingerprint density at radius 1 is 1.14 bits per heavy atom. The number of hydrogen-bond acceptors (Lipinski definition) is 7. The van der Waals surface area contributed by atoms with Crippen LogP contribution in [0.3, 0.4) is 0 Å². The van der Waals surface area contributed by atoms with Crippen molar-refractivity contribution in [2.45, 2.75) is 45.6 Å². The number of carboxylic acid groups (broad SMARTS) is 1. The first-order valence-corrected chi connectivity index (χ1v) is 14.0. The van der Waals surface area contributed by atoms with Crippen LogP contribution < -0.4 is 13.8 Å². The van der Waals surface area contributed by atoms with Crippen LogP contribution in [0.15, 0.2) is 46.1 Å². The summed E-state index contributed by atoms with van der Waals surface area (Å²) in [5.41, 5.74) is 4.40. The first kappa shape index (κ1) is 28.2. The third kappa shape index (κ3) is 6.90. The summed E-state index contributed by atoms with van der Waals surface area (Å²) in [4.78, 5) is 15.1. The number of nitrogens with zero attached hydrogens (tertiary/aromatic N) is 2.